The van der Waals surface area contributed by atoms with Crippen molar-refractivity contribution in [2.75, 3.05) is 0 Å². The van der Waals surface area contributed by atoms with Crippen molar-refractivity contribution in [3.05, 3.63) is 77.9 Å². The quantitative estimate of drug-likeness (QED) is 0.346. The van der Waals surface area contributed by atoms with Gasteiger partial charge in [0.25, 0.3) is 0 Å². The van der Waals surface area contributed by atoms with Crippen LogP contribution >= 0.6 is 0 Å². The highest BCUT2D eigenvalue weighted by Gasteiger charge is 2.31. The Morgan fingerprint density at radius 1 is 0.758 bits per heavy atom. The molecule has 6 heteroatoms. The first-order chi connectivity index (χ1) is 15.7. The molecule has 0 amide bonds. The van der Waals surface area contributed by atoms with Gasteiger partial charge in [-0.25, -0.2) is 8.78 Å². The fourth-order valence-corrected chi connectivity index (χ4v) is 4.69. The number of halogens is 5. The van der Waals surface area contributed by atoms with Crippen LogP contribution in [0.15, 0.2) is 60.7 Å². The molecule has 0 unspecified atom stereocenters. The van der Waals surface area contributed by atoms with Crippen LogP contribution in [0, 0.1) is 17.6 Å². The molecule has 0 atom stereocenters. The summed E-state index contributed by atoms with van der Waals surface area (Å²) in [6.07, 6.45) is 1.22. The largest absolute Gasteiger partial charge is 0.573 e. The van der Waals surface area contributed by atoms with Crippen molar-refractivity contribution in [2.24, 2.45) is 5.92 Å². The van der Waals surface area contributed by atoms with Crippen LogP contribution < -0.4 is 4.74 Å². The first kappa shape index (κ1) is 23.3. The molecule has 1 nitrogen and oxygen atoms in total. The van der Waals surface area contributed by atoms with Crippen LogP contribution in [0.4, 0.5) is 22.0 Å². The van der Waals surface area contributed by atoms with E-state index in [2.05, 4.69) is 11.7 Å². The number of ether oxygens (including phenoxy) is 1. The lowest BCUT2D eigenvalue weighted by atomic mass is 9.77. The van der Waals surface area contributed by atoms with Crippen molar-refractivity contribution in [1.82, 2.24) is 0 Å². The molecule has 0 N–H and O–H groups in total. The molecular weight excluding hydrogens is 435 g/mol. The monoisotopic (exact) mass is 460 g/mol. The highest BCUT2D eigenvalue weighted by atomic mass is 19.4. The third-order valence-electron chi connectivity index (χ3n) is 6.56. The Labute approximate surface area is 190 Å². The summed E-state index contributed by atoms with van der Waals surface area (Å²) < 4.78 is 70.4. The molecule has 3 aromatic carbocycles. The Kier molecular flexibility index (Phi) is 6.73. The topological polar surface area (TPSA) is 9.23 Å². The van der Waals surface area contributed by atoms with Gasteiger partial charge in [-0.1, -0.05) is 49.7 Å². The van der Waals surface area contributed by atoms with Crippen molar-refractivity contribution >= 4 is 0 Å². The lowest BCUT2D eigenvalue weighted by Gasteiger charge is -2.28. The minimum atomic E-state index is -4.83. The fraction of sp³-hybridized carbons (Fsp3) is 0.333. The number of alkyl halides is 3. The second kappa shape index (κ2) is 9.54. The van der Waals surface area contributed by atoms with E-state index < -0.39 is 23.7 Å². The summed E-state index contributed by atoms with van der Waals surface area (Å²) in [5.74, 6) is -0.666. The second-order valence-corrected chi connectivity index (χ2v) is 8.63. The molecule has 0 radical (unpaired) electrons. The van der Waals surface area contributed by atoms with Crippen LogP contribution in [0.3, 0.4) is 0 Å². The third kappa shape index (κ3) is 5.55. The van der Waals surface area contributed by atoms with Gasteiger partial charge in [0.15, 0.2) is 0 Å². The summed E-state index contributed by atoms with van der Waals surface area (Å²) in [6, 6.07) is 14.8. The van der Waals surface area contributed by atoms with Gasteiger partial charge in [-0.05, 0) is 84.0 Å². The molecular formula is C27H25F5O. The molecule has 0 aromatic heterocycles. The number of rotatable bonds is 5. The zero-order valence-corrected chi connectivity index (χ0v) is 18.3. The molecule has 1 aliphatic rings. The number of hydrogen-bond acceptors (Lipinski definition) is 1. The predicted molar refractivity (Wildman–Crippen MR) is 119 cm³/mol. The second-order valence-electron chi connectivity index (χ2n) is 8.63. The van der Waals surface area contributed by atoms with Crippen LogP contribution in [0.1, 0.15) is 50.5 Å². The van der Waals surface area contributed by atoms with Gasteiger partial charge < -0.3 is 4.74 Å². The highest BCUT2D eigenvalue weighted by molar-refractivity contribution is 5.72. The Balaban J connectivity index is 1.52. The molecule has 0 aliphatic heterocycles. The van der Waals surface area contributed by atoms with Gasteiger partial charge in [0.05, 0.1) is 5.56 Å². The maximum absolute atomic E-state index is 14.8. The minimum Gasteiger partial charge on any atom is -0.406 e. The molecule has 174 valence electrons. The number of hydrogen-bond donors (Lipinski definition) is 0. The zero-order chi connectivity index (χ0) is 23.6. The van der Waals surface area contributed by atoms with Crippen molar-refractivity contribution in [3.63, 3.8) is 0 Å². The average molecular weight is 460 g/mol. The average Bonchev–Trinajstić information content (AvgIpc) is 2.79. The summed E-state index contributed by atoms with van der Waals surface area (Å²) in [5, 5.41) is 0. The highest BCUT2D eigenvalue weighted by Crippen LogP contribution is 2.38. The summed E-state index contributed by atoms with van der Waals surface area (Å²) >= 11 is 0. The van der Waals surface area contributed by atoms with E-state index in [1.165, 1.54) is 61.9 Å². The maximum atomic E-state index is 14.8. The van der Waals surface area contributed by atoms with Gasteiger partial charge in [-0.2, -0.15) is 0 Å². The van der Waals surface area contributed by atoms with Gasteiger partial charge in [-0.15, -0.1) is 13.2 Å². The van der Waals surface area contributed by atoms with E-state index in [9.17, 15) is 22.0 Å². The third-order valence-corrected chi connectivity index (χ3v) is 6.56. The van der Waals surface area contributed by atoms with Gasteiger partial charge in [0.1, 0.15) is 17.4 Å². The lowest BCUT2D eigenvalue weighted by molar-refractivity contribution is -0.274. The van der Waals surface area contributed by atoms with E-state index in [0.717, 1.165) is 18.1 Å². The first-order valence-electron chi connectivity index (χ1n) is 11.2. The Morgan fingerprint density at radius 2 is 1.30 bits per heavy atom. The Morgan fingerprint density at radius 3 is 1.82 bits per heavy atom. The van der Waals surface area contributed by atoms with Gasteiger partial charge in [0, 0.05) is 0 Å². The molecule has 0 bridgehead atoms. The van der Waals surface area contributed by atoms with Gasteiger partial charge in [-0.3, -0.25) is 0 Å². The molecule has 0 saturated heterocycles. The molecule has 1 saturated carbocycles. The number of benzene rings is 3. The van der Waals surface area contributed by atoms with E-state index >= 15 is 0 Å². The molecule has 0 spiro atoms. The molecule has 1 aliphatic carbocycles. The van der Waals surface area contributed by atoms with Crippen LogP contribution in [0.2, 0.25) is 0 Å². The van der Waals surface area contributed by atoms with E-state index in [1.54, 1.807) is 0 Å². The summed E-state index contributed by atoms with van der Waals surface area (Å²) in [5.41, 5.74) is 2.21. The van der Waals surface area contributed by atoms with Gasteiger partial charge >= 0.3 is 6.36 Å². The molecule has 0 heterocycles. The van der Waals surface area contributed by atoms with E-state index in [4.69, 9.17) is 0 Å². The standard InChI is InChI=1S/C27H25F5O/c1-2-17-3-5-18(6-4-17)19-7-9-20(10-8-19)22-15-24(28)26(25(29)16-22)21-11-13-23(14-12-21)33-27(30,31)32/h7-18H,2-6H2,1H3. The summed E-state index contributed by atoms with van der Waals surface area (Å²) in [4.78, 5) is 0. The van der Waals surface area contributed by atoms with Crippen LogP contribution in [0.25, 0.3) is 22.3 Å². The Hall–Kier alpha value is -2.89. The van der Waals surface area contributed by atoms with E-state index in [-0.39, 0.29) is 11.1 Å². The normalized spacial score (nSPS) is 18.8. The van der Waals surface area contributed by atoms with Gasteiger partial charge in [0.2, 0.25) is 0 Å². The zero-order valence-electron chi connectivity index (χ0n) is 18.3. The molecule has 1 fully saturated rings. The molecule has 33 heavy (non-hydrogen) atoms. The van der Waals surface area contributed by atoms with Crippen LogP contribution in [-0.2, 0) is 0 Å². The SMILES string of the molecule is CCC1CCC(c2ccc(-c3cc(F)c(-c4ccc(OC(F)(F)F)cc4)c(F)c3)cc2)CC1. The minimum absolute atomic E-state index is 0.129. The molecule has 4 rings (SSSR count). The van der Waals surface area contributed by atoms with Crippen molar-refractivity contribution in [2.45, 2.75) is 51.3 Å². The predicted octanol–water partition coefficient (Wildman–Crippen LogP) is 8.88. The van der Waals surface area contributed by atoms with Crippen molar-refractivity contribution in [3.8, 4) is 28.0 Å². The van der Waals surface area contributed by atoms with Crippen molar-refractivity contribution in [1.29, 1.82) is 0 Å². The maximum Gasteiger partial charge on any atom is 0.573 e. The summed E-state index contributed by atoms with van der Waals surface area (Å²) in [7, 11) is 0. The van der Waals surface area contributed by atoms with Crippen LogP contribution in [0.5, 0.6) is 5.75 Å². The fourth-order valence-electron chi connectivity index (χ4n) is 4.69. The molecule has 3 aromatic rings. The first-order valence-corrected chi connectivity index (χ1v) is 11.2. The van der Waals surface area contributed by atoms with E-state index in [0.29, 0.717) is 17.0 Å². The Bertz CT molecular complexity index is 1060. The lowest BCUT2D eigenvalue weighted by Crippen LogP contribution is -2.16. The van der Waals surface area contributed by atoms with Crippen molar-refractivity contribution < 1.29 is 26.7 Å². The smallest absolute Gasteiger partial charge is 0.406 e. The summed E-state index contributed by atoms with van der Waals surface area (Å²) in [6.45, 7) is 2.24. The van der Waals surface area contributed by atoms with Crippen LogP contribution in [-0.4, -0.2) is 6.36 Å². The van der Waals surface area contributed by atoms with E-state index in [1.807, 2.05) is 24.3 Å².